The summed E-state index contributed by atoms with van der Waals surface area (Å²) < 4.78 is 0. The van der Waals surface area contributed by atoms with Crippen molar-refractivity contribution in [3.8, 4) is 0 Å². The summed E-state index contributed by atoms with van der Waals surface area (Å²) in [4.78, 5) is 23.9. The third kappa shape index (κ3) is 6.53. The van der Waals surface area contributed by atoms with Crippen molar-refractivity contribution in [1.29, 1.82) is 0 Å². The van der Waals surface area contributed by atoms with E-state index in [9.17, 15) is 4.79 Å². The van der Waals surface area contributed by atoms with Crippen LogP contribution in [0.1, 0.15) is 12.0 Å². The van der Waals surface area contributed by atoms with Gasteiger partial charge in [0.05, 0.1) is 5.75 Å². The van der Waals surface area contributed by atoms with Gasteiger partial charge in [0.15, 0.2) is 0 Å². The Hall–Kier alpha value is -2.15. The minimum absolute atomic E-state index is 0.0493. The van der Waals surface area contributed by atoms with Crippen molar-refractivity contribution in [3.63, 3.8) is 0 Å². The summed E-state index contributed by atoms with van der Waals surface area (Å²) in [7, 11) is 0. The second-order valence-electron chi connectivity index (χ2n) is 4.54. The number of hydrogen-bond acceptors (Lipinski definition) is 6. The van der Waals surface area contributed by atoms with Gasteiger partial charge in [-0.05, 0) is 29.9 Å². The summed E-state index contributed by atoms with van der Waals surface area (Å²) in [6.45, 7) is 1.33. The zero-order valence-corrected chi connectivity index (χ0v) is 13.1. The first-order valence-electron chi connectivity index (χ1n) is 7.09. The quantitative estimate of drug-likeness (QED) is 0.686. The first kappa shape index (κ1) is 16.2. The highest BCUT2D eigenvalue weighted by Crippen LogP contribution is 2.03. The molecule has 0 radical (unpaired) electrons. The fourth-order valence-corrected chi connectivity index (χ4v) is 2.46. The molecule has 0 bridgehead atoms. The first-order chi connectivity index (χ1) is 10.8. The minimum atomic E-state index is 0.0493. The van der Waals surface area contributed by atoms with E-state index in [-0.39, 0.29) is 5.91 Å². The summed E-state index contributed by atoms with van der Waals surface area (Å²) in [5.41, 5.74) is 1.01. The lowest BCUT2D eigenvalue weighted by Gasteiger charge is -2.06. The molecule has 6 nitrogen and oxygen atoms in total. The number of rotatable bonds is 9. The molecule has 0 aromatic carbocycles. The van der Waals surface area contributed by atoms with Gasteiger partial charge in [-0.1, -0.05) is 6.07 Å². The molecule has 116 valence electrons. The smallest absolute Gasteiger partial charge is 0.230 e. The van der Waals surface area contributed by atoms with E-state index in [1.807, 2.05) is 12.1 Å². The fourth-order valence-electron chi connectivity index (χ4n) is 1.68. The molecule has 0 aliphatic carbocycles. The number of hydrogen-bond donors (Lipinski definition) is 2. The highest BCUT2D eigenvalue weighted by Gasteiger charge is 2.01. The zero-order valence-electron chi connectivity index (χ0n) is 12.2. The van der Waals surface area contributed by atoms with Crippen LogP contribution >= 0.6 is 11.8 Å². The van der Waals surface area contributed by atoms with Gasteiger partial charge in [0, 0.05) is 37.9 Å². The highest BCUT2D eigenvalue weighted by molar-refractivity contribution is 7.99. The van der Waals surface area contributed by atoms with Crippen LogP contribution < -0.4 is 10.6 Å². The number of amides is 1. The normalized spacial score (nSPS) is 10.2. The van der Waals surface area contributed by atoms with Gasteiger partial charge in [0.1, 0.15) is 0 Å². The van der Waals surface area contributed by atoms with Crippen LogP contribution in [0, 0.1) is 0 Å². The maximum atomic E-state index is 11.7. The van der Waals surface area contributed by atoms with Gasteiger partial charge in [-0.15, -0.1) is 0 Å². The summed E-state index contributed by atoms with van der Waals surface area (Å²) in [5, 5.41) is 6.02. The summed E-state index contributed by atoms with van der Waals surface area (Å²) >= 11 is 1.62. The first-order valence-corrected chi connectivity index (χ1v) is 8.24. The maximum Gasteiger partial charge on any atom is 0.230 e. The van der Waals surface area contributed by atoms with Crippen LogP contribution in [0.25, 0.3) is 0 Å². The van der Waals surface area contributed by atoms with Gasteiger partial charge in [0.2, 0.25) is 11.9 Å². The topological polar surface area (TPSA) is 79.8 Å². The lowest BCUT2D eigenvalue weighted by atomic mass is 10.3. The number of anilines is 1. The third-order valence-electron chi connectivity index (χ3n) is 2.76. The predicted octanol–water partition coefficient (Wildman–Crippen LogP) is 1.72. The number of thioether (sulfide) groups is 1. The molecule has 0 atom stereocenters. The van der Waals surface area contributed by atoms with Crippen molar-refractivity contribution in [2.24, 2.45) is 0 Å². The second kappa shape index (κ2) is 9.73. The maximum absolute atomic E-state index is 11.7. The van der Waals surface area contributed by atoms with Gasteiger partial charge in [0.25, 0.3) is 0 Å². The monoisotopic (exact) mass is 317 g/mol. The van der Waals surface area contributed by atoms with E-state index in [1.165, 1.54) is 0 Å². The zero-order chi connectivity index (χ0) is 15.5. The molecule has 2 aromatic heterocycles. The van der Waals surface area contributed by atoms with E-state index in [1.54, 1.807) is 42.6 Å². The number of carbonyl (C=O) groups is 1. The molecule has 7 heteroatoms. The van der Waals surface area contributed by atoms with Crippen molar-refractivity contribution >= 4 is 23.6 Å². The largest absolute Gasteiger partial charge is 0.354 e. The molecule has 0 saturated heterocycles. The molecular weight excluding hydrogens is 298 g/mol. The Labute approximate surface area is 134 Å². The van der Waals surface area contributed by atoms with Gasteiger partial charge >= 0.3 is 0 Å². The molecule has 22 heavy (non-hydrogen) atoms. The van der Waals surface area contributed by atoms with Crippen LogP contribution in [0.4, 0.5) is 5.95 Å². The summed E-state index contributed by atoms with van der Waals surface area (Å²) in [6.07, 6.45) is 7.84. The van der Waals surface area contributed by atoms with Gasteiger partial charge in [-0.2, -0.15) is 11.8 Å². The molecule has 0 saturated carbocycles. The minimum Gasteiger partial charge on any atom is -0.354 e. The molecule has 0 unspecified atom stereocenters. The van der Waals surface area contributed by atoms with E-state index in [2.05, 4.69) is 25.6 Å². The Morgan fingerprint density at radius 1 is 1.18 bits per heavy atom. The molecule has 2 heterocycles. The highest BCUT2D eigenvalue weighted by atomic mass is 32.2. The average Bonchev–Trinajstić information content (AvgIpc) is 2.58. The Bertz CT molecular complexity index is 552. The van der Waals surface area contributed by atoms with Gasteiger partial charge < -0.3 is 10.6 Å². The third-order valence-corrected chi connectivity index (χ3v) is 3.80. The number of aromatic nitrogens is 3. The van der Waals surface area contributed by atoms with E-state index in [4.69, 9.17) is 0 Å². The summed E-state index contributed by atoms with van der Waals surface area (Å²) in [6, 6.07) is 5.59. The van der Waals surface area contributed by atoms with Gasteiger partial charge in [-0.25, -0.2) is 9.97 Å². The van der Waals surface area contributed by atoms with Crippen LogP contribution in [0.15, 0.2) is 43.0 Å². The van der Waals surface area contributed by atoms with Crippen molar-refractivity contribution in [3.05, 3.63) is 48.5 Å². The number of carbonyl (C=O) groups excluding carboxylic acids is 1. The van der Waals surface area contributed by atoms with E-state index in [0.717, 1.165) is 24.3 Å². The second-order valence-corrected chi connectivity index (χ2v) is 5.65. The molecular formula is C15H19N5OS. The Balaban J connectivity index is 1.49. The van der Waals surface area contributed by atoms with Crippen molar-refractivity contribution < 1.29 is 4.79 Å². The van der Waals surface area contributed by atoms with Gasteiger partial charge in [-0.3, -0.25) is 9.78 Å². The Morgan fingerprint density at radius 3 is 2.82 bits per heavy atom. The molecule has 1 amide bonds. The Morgan fingerprint density at radius 2 is 2.05 bits per heavy atom. The van der Waals surface area contributed by atoms with Crippen molar-refractivity contribution in [2.45, 2.75) is 13.0 Å². The van der Waals surface area contributed by atoms with Crippen molar-refractivity contribution in [1.82, 2.24) is 20.3 Å². The van der Waals surface area contributed by atoms with E-state index < -0.39 is 0 Å². The van der Waals surface area contributed by atoms with E-state index in [0.29, 0.717) is 18.2 Å². The molecule has 0 aliphatic rings. The molecule has 0 fully saturated rings. The van der Waals surface area contributed by atoms with Crippen LogP contribution in [-0.4, -0.2) is 38.9 Å². The lowest BCUT2D eigenvalue weighted by molar-refractivity contribution is -0.118. The van der Waals surface area contributed by atoms with Crippen LogP contribution in [0.3, 0.4) is 0 Å². The molecule has 0 spiro atoms. The number of pyridine rings is 1. The fraction of sp³-hybridized carbons (Fsp3) is 0.333. The lowest BCUT2D eigenvalue weighted by Crippen LogP contribution is -2.24. The standard InChI is InChI=1S/C15H19N5OS/c21-14(20-11-13-4-1-5-16-10-13)12-22-9-3-8-19-15-17-6-2-7-18-15/h1-2,4-7,10H,3,8-9,11-12H2,(H,20,21)(H,17,18,19). The molecule has 2 aromatic rings. The average molecular weight is 317 g/mol. The van der Waals surface area contributed by atoms with Crippen molar-refractivity contribution in [2.75, 3.05) is 23.4 Å². The SMILES string of the molecule is O=C(CSCCCNc1ncccn1)NCc1cccnc1. The van der Waals surface area contributed by atoms with E-state index >= 15 is 0 Å². The number of nitrogens with zero attached hydrogens (tertiary/aromatic N) is 3. The van der Waals surface area contributed by atoms with Crippen LogP contribution in [-0.2, 0) is 11.3 Å². The van der Waals surface area contributed by atoms with Crippen LogP contribution in [0.2, 0.25) is 0 Å². The molecule has 0 aliphatic heterocycles. The predicted molar refractivity (Wildman–Crippen MR) is 88.5 cm³/mol. The summed E-state index contributed by atoms with van der Waals surface area (Å²) in [5.74, 6) is 2.08. The Kier molecular flexibility index (Phi) is 7.17. The number of nitrogens with one attached hydrogen (secondary N) is 2. The molecule has 2 N–H and O–H groups in total. The van der Waals surface area contributed by atoms with Crippen LogP contribution in [0.5, 0.6) is 0 Å². The molecule has 2 rings (SSSR count).